The van der Waals surface area contributed by atoms with Gasteiger partial charge in [-0.3, -0.25) is 0 Å². The maximum absolute atomic E-state index is 12.0. The van der Waals surface area contributed by atoms with Gasteiger partial charge >= 0.3 is 0 Å². The second-order valence-corrected chi connectivity index (χ2v) is 8.01. The van der Waals surface area contributed by atoms with Crippen molar-refractivity contribution in [2.75, 3.05) is 19.5 Å². The van der Waals surface area contributed by atoms with Gasteiger partial charge in [0.2, 0.25) is 0 Å². The van der Waals surface area contributed by atoms with E-state index in [0.29, 0.717) is 24.6 Å². The molecule has 21 heavy (non-hydrogen) atoms. The second-order valence-electron chi connectivity index (χ2n) is 5.37. The molecule has 0 bridgehead atoms. The lowest BCUT2D eigenvalue weighted by Crippen LogP contribution is -2.12. The van der Waals surface area contributed by atoms with E-state index in [2.05, 4.69) is 4.98 Å². The molecule has 0 aliphatic carbocycles. The number of imidazole rings is 1. The molecule has 0 spiro atoms. The van der Waals surface area contributed by atoms with Gasteiger partial charge in [0.05, 0.1) is 28.4 Å². The van der Waals surface area contributed by atoms with Crippen LogP contribution in [0.1, 0.15) is 30.6 Å². The molecule has 2 aromatic rings. The standard InChI is InChI=1S/C14H17ClN2O3S/c1-9(15)14-16-13-11(17(14)10-6-7-20-8-10)4-3-5-12(13)21(2,18)19/h3-5,9-10H,6-8H2,1-2H3. The highest BCUT2D eigenvalue weighted by molar-refractivity contribution is 7.91. The van der Waals surface area contributed by atoms with E-state index in [1.54, 1.807) is 12.1 Å². The van der Waals surface area contributed by atoms with Crippen molar-refractivity contribution < 1.29 is 13.2 Å². The Bertz CT molecular complexity index is 777. The first-order chi connectivity index (χ1) is 9.89. The summed E-state index contributed by atoms with van der Waals surface area (Å²) in [6.07, 6.45) is 2.08. The Hall–Kier alpha value is -1.11. The lowest BCUT2D eigenvalue weighted by atomic mass is 10.2. The maximum Gasteiger partial charge on any atom is 0.177 e. The normalized spacial score (nSPS) is 21.0. The summed E-state index contributed by atoms with van der Waals surface area (Å²) in [7, 11) is -3.33. The number of alkyl halides is 1. The van der Waals surface area contributed by atoms with Gasteiger partial charge in [-0.05, 0) is 25.5 Å². The molecule has 3 rings (SSSR count). The van der Waals surface area contributed by atoms with Gasteiger partial charge < -0.3 is 9.30 Å². The Morgan fingerprint density at radius 1 is 1.48 bits per heavy atom. The molecular formula is C14H17ClN2O3S. The first-order valence-corrected chi connectivity index (χ1v) is 9.15. The van der Waals surface area contributed by atoms with Crippen molar-refractivity contribution in [3.05, 3.63) is 24.0 Å². The van der Waals surface area contributed by atoms with Crippen molar-refractivity contribution in [3.63, 3.8) is 0 Å². The summed E-state index contributed by atoms with van der Waals surface area (Å²) < 4.78 is 31.4. The summed E-state index contributed by atoms with van der Waals surface area (Å²) in [5, 5.41) is -0.301. The number of hydrogen-bond acceptors (Lipinski definition) is 4. The van der Waals surface area contributed by atoms with E-state index in [4.69, 9.17) is 16.3 Å². The number of sulfone groups is 1. The van der Waals surface area contributed by atoms with Gasteiger partial charge in [0.1, 0.15) is 11.3 Å². The number of rotatable bonds is 3. The van der Waals surface area contributed by atoms with E-state index in [1.807, 2.05) is 17.6 Å². The highest BCUT2D eigenvalue weighted by Crippen LogP contribution is 2.33. The van der Waals surface area contributed by atoms with Crippen LogP contribution in [0, 0.1) is 0 Å². The molecule has 1 fully saturated rings. The number of ether oxygens (including phenoxy) is 1. The predicted molar refractivity (Wildman–Crippen MR) is 81.6 cm³/mol. The minimum Gasteiger partial charge on any atom is -0.379 e. The molecule has 7 heteroatoms. The highest BCUT2D eigenvalue weighted by Gasteiger charge is 2.27. The third kappa shape index (κ3) is 2.56. The van der Waals surface area contributed by atoms with Crippen molar-refractivity contribution in [1.82, 2.24) is 9.55 Å². The van der Waals surface area contributed by atoms with E-state index in [-0.39, 0.29) is 16.3 Å². The minimum absolute atomic E-state index is 0.154. The first-order valence-electron chi connectivity index (χ1n) is 6.82. The van der Waals surface area contributed by atoms with Crippen LogP contribution in [0.4, 0.5) is 0 Å². The molecule has 1 aromatic carbocycles. The Morgan fingerprint density at radius 2 is 2.24 bits per heavy atom. The van der Waals surface area contributed by atoms with Gasteiger partial charge in [-0.15, -0.1) is 11.6 Å². The average molecular weight is 329 g/mol. The molecule has 2 atom stereocenters. The summed E-state index contributed by atoms with van der Waals surface area (Å²) in [6, 6.07) is 5.37. The molecule has 1 aliphatic rings. The van der Waals surface area contributed by atoms with Crippen LogP contribution in [0.3, 0.4) is 0 Å². The molecule has 114 valence electrons. The van der Waals surface area contributed by atoms with Crippen LogP contribution >= 0.6 is 11.6 Å². The SMILES string of the molecule is CC(Cl)c1nc2c(S(C)(=O)=O)cccc2n1C1CCOC1. The van der Waals surface area contributed by atoms with Crippen molar-refractivity contribution in [2.45, 2.75) is 29.7 Å². The topological polar surface area (TPSA) is 61.2 Å². The highest BCUT2D eigenvalue weighted by atomic mass is 35.5. The van der Waals surface area contributed by atoms with Crippen molar-refractivity contribution >= 4 is 32.5 Å². The minimum atomic E-state index is -3.33. The van der Waals surface area contributed by atoms with Crippen molar-refractivity contribution in [3.8, 4) is 0 Å². The van der Waals surface area contributed by atoms with Crippen LogP contribution in [0.15, 0.2) is 23.1 Å². The Morgan fingerprint density at radius 3 is 2.81 bits per heavy atom. The predicted octanol–water partition coefficient (Wildman–Crippen LogP) is 2.70. The van der Waals surface area contributed by atoms with Crippen LogP contribution < -0.4 is 0 Å². The Labute approximate surface area is 128 Å². The van der Waals surface area contributed by atoms with Crippen LogP contribution in [-0.4, -0.2) is 37.4 Å². The van der Waals surface area contributed by atoms with Gasteiger partial charge in [0, 0.05) is 12.9 Å². The molecular weight excluding hydrogens is 312 g/mol. The van der Waals surface area contributed by atoms with E-state index in [0.717, 1.165) is 11.9 Å². The van der Waals surface area contributed by atoms with Gasteiger partial charge in [-0.25, -0.2) is 13.4 Å². The van der Waals surface area contributed by atoms with Crippen LogP contribution in [0.5, 0.6) is 0 Å². The van der Waals surface area contributed by atoms with Gasteiger partial charge in [-0.1, -0.05) is 6.07 Å². The molecule has 0 radical (unpaired) electrons. The van der Waals surface area contributed by atoms with Crippen molar-refractivity contribution in [2.24, 2.45) is 0 Å². The third-order valence-electron chi connectivity index (χ3n) is 3.74. The zero-order valence-electron chi connectivity index (χ0n) is 11.9. The average Bonchev–Trinajstić information content (AvgIpc) is 3.03. The van der Waals surface area contributed by atoms with Crippen LogP contribution in [0.2, 0.25) is 0 Å². The van der Waals surface area contributed by atoms with Crippen LogP contribution in [-0.2, 0) is 14.6 Å². The lowest BCUT2D eigenvalue weighted by molar-refractivity contribution is 0.186. The van der Waals surface area contributed by atoms with E-state index in [9.17, 15) is 8.42 Å². The van der Waals surface area contributed by atoms with Crippen LogP contribution in [0.25, 0.3) is 11.0 Å². The molecule has 1 aliphatic heterocycles. The van der Waals surface area contributed by atoms with Gasteiger partial charge in [0.25, 0.3) is 0 Å². The summed E-state index contributed by atoms with van der Waals surface area (Å²) in [5.41, 5.74) is 1.30. The molecule has 5 nitrogen and oxygen atoms in total. The maximum atomic E-state index is 12.0. The molecule has 1 aromatic heterocycles. The molecule has 1 saturated heterocycles. The quantitative estimate of drug-likeness (QED) is 0.813. The molecule has 0 amide bonds. The summed E-state index contributed by atoms with van der Waals surface area (Å²) in [4.78, 5) is 4.77. The molecule has 0 N–H and O–H groups in total. The fourth-order valence-corrected chi connectivity index (χ4v) is 3.78. The largest absolute Gasteiger partial charge is 0.379 e. The second kappa shape index (κ2) is 5.26. The molecule has 0 saturated carbocycles. The number of halogens is 1. The lowest BCUT2D eigenvalue weighted by Gasteiger charge is -2.16. The number of fused-ring (bicyclic) bond motifs is 1. The van der Waals surface area contributed by atoms with Crippen molar-refractivity contribution in [1.29, 1.82) is 0 Å². The fraction of sp³-hybridized carbons (Fsp3) is 0.500. The summed E-state index contributed by atoms with van der Waals surface area (Å²) in [5.74, 6) is 0.693. The zero-order valence-corrected chi connectivity index (χ0v) is 13.5. The first kappa shape index (κ1) is 14.8. The zero-order chi connectivity index (χ0) is 15.2. The summed E-state index contributed by atoms with van der Waals surface area (Å²) >= 11 is 6.25. The number of nitrogens with zero attached hydrogens (tertiary/aromatic N) is 2. The Kier molecular flexibility index (Phi) is 3.71. The smallest absolute Gasteiger partial charge is 0.177 e. The third-order valence-corrected chi connectivity index (χ3v) is 5.06. The number of para-hydroxylation sites is 1. The number of benzene rings is 1. The molecule has 2 heterocycles. The number of aromatic nitrogens is 2. The number of hydrogen-bond donors (Lipinski definition) is 0. The fourth-order valence-electron chi connectivity index (χ4n) is 2.80. The van der Waals surface area contributed by atoms with Gasteiger partial charge in [0.15, 0.2) is 9.84 Å². The molecule has 2 unspecified atom stereocenters. The Balaban J connectivity index is 2.32. The van der Waals surface area contributed by atoms with E-state index in [1.165, 1.54) is 6.26 Å². The van der Waals surface area contributed by atoms with Gasteiger partial charge in [-0.2, -0.15) is 0 Å². The summed E-state index contributed by atoms with van der Waals surface area (Å²) in [6.45, 7) is 3.15. The monoisotopic (exact) mass is 328 g/mol. The van der Waals surface area contributed by atoms with E-state index < -0.39 is 9.84 Å². The van der Waals surface area contributed by atoms with E-state index >= 15 is 0 Å².